The van der Waals surface area contributed by atoms with Gasteiger partial charge in [-0.15, -0.1) is 11.3 Å². The predicted octanol–water partition coefficient (Wildman–Crippen LogP) is 4.85. The number of para-hydroxylation sites is 1. The smallest absolute Gasteiger partial charge is 0.342 e. The van der Waals surface area contributed by atoms with Gasteiger partial charge in [-0.25, -0.2) is 4.79 Å². The number of hydrogen-bond donors (Lipinski definition) is 1. The summed E-state index contributed by atoms with van der Waals surface area (Å²) in [7, 11) is 3.11. The summed E-state index contributed by atoms with van der Waals surface area (Å²) >= 11 is 1.17. The van der Waals surface area contributed by atoms with Crippen molar-refractivity contribution in [1.29, 1.82) is 0 Å². The van der Waals surface area contributed by atoms with Crippen molar-refractivity contribution in [1.82, 2.24) is 4.40 Å². The molecule has 0 unspecified atom stereocenters. The Morgan fingerprint density at radius 3 is 2.45 bits per heavy atom. The van der Waals surface area contributed by atoms with Gasteiger partial charge >= 0.3 is 5.97 Å². The normalized spacial score (nSPS) is 13.2. The summed E-state index contributed by atoms with van der Waals surface area (Å²) < 4.78 is 13.2. The maximum absolute atomic E-state index is 13.5. The molecule has 1 aliphatic rings. The molecule has 3 aromatic carbocycles. The standard InChI is InChI=1S/C27H21N3O7S/c1-36-21-9-14-7-8-28(13-15(14)10-22(21)37-2)19-11-16-18(12-20(19)30(34)35)29-17-5-3-4-6-23(17)38-26(29)24(25(16)31)27(32)33/h3-6,9-12H,7-8,13H2,1-2H3,(H,32,33). The van der Waals surface area contributed by atoms with E-state index < -0.39 is 16.3 Å². The highest BCUT2D eigenvalue weighted by Crippen LogP contribution is 2.40. The number of carboxylic acids is 1. The minimum atomic E-state index is -1.34. The number of fused-ring (bicyclic) bond motifs is 6. The lowest BCUT2D eigenvalue weighted by Gasteiger charge is -2.31. The van der Waals surface area contributed by atoms with Gasteiger partial charge in [-0.1, -0.05) is 12.1 Å². The first-order valence-corrected chi connectivity index (χ1v) is 12.5. The lowest BCUT2D eigenvalue weighted by Crippen LogP contribution is -2.31. The molecule has 0 amide bonds. The molecule has 0 atom stereocenters. The van der Waals surface area contributed by atoms with Crippen molar-refractivity contribution >= 4 is 54.6 Å². The zero-order valence-electron chi connectivity index (χ0n) is 20.4. The Morgan fingerprint density at radius 1 is 1.05 bits per heavy atom. The van der Waals surface area contributed by atoms with E-state index in [9.17, 15) is 24.8 Å². The minimum absolute atomic E-state index is 0.113. The third-order valence-corrected chi connectivity index (χ3v) is 8.15. The maximum atomic E-state index is 13.5. The van der Waals surface area contributed by atoms with Crippen molar-refractivity contribution in [3.63, 3.8) is 0 Å². The largest absolute Gasteiger partial charge is 0.493 e. The van der Waals surface area contributed by atoms with Gasteiger partial charge in [0.2, 0.25) is 5.43 Å². The number of anilines is 1. The molecule has 0 spiro atoms. The van der Waals surface area contributed by atoms with Gasteiger partial charge in [-0.2, -0.15) is 0 Å². The Labute approximate surface area is 219 Å². The summed E-state index contributed by atoms with van der Waals surface area (Å²) in [6, 6.07) is 13.9. The fraction of sp³-hybridized carbons (Fsp3) is 0.185. The molecule has 1 aliphatic heterocycles. The zero-order chi connectivity index (χ0) is 26.7. The summed E-state index contributed by atoms with van der Waals surface area (Å²) in [5.41, 5.74) is 2.02. The van der Waals surface area contributed by atoms with E-state index in [1.807, 2.05) is 29.2 Å². The number of pyridine rings is 1. The molecule has 0 aliphatic carbocycles. The number of nitro benzene ring substituents is 1. The first kappa shape index (κ1) is 23.7. The molecule has 5 aromatic rings. The molecule has 0 bridgehead atoms. The number of benzene rings is 3. The highest BCUT2D eigenvalue weighted by Gasteiger charge is 2.29. The van der Waals surface area contributed by atoms with Crippen LogP contribution in [-0.4, -0.2) is 41.2 Å². The van der Waals surface area contributed by atoms with Crippen molar-refractivity contribution in [3.05, 3.63) is 85.6 Å². The highest BCUT2D eigenvalue weighted by atomic mass is 32.1. The number of rotatable bonds is 5. The highest BCUT2D eigenvalue weighted by molar-refractivity contribution is 7.24. The van der Waals surface area contributed by atoms with Gasteiger partial charge in [0.05, 0.1) is 34.9 Å². The van der Waals surface area contributed by atoms with Crippen molar-refractivity contribution in [2.24, 2.45) is 0 Å². The fourth-order valence-corrected chi connectivity index (χ4v) is 6.42. The average Bonchev–Trinajstić information content (AvgIpc) is 3.30. The van der Waals surface area contributed by atoms with Gasteiger partial charge in [0.1, 0.15) is 16.1 Å². The second-order valence-electron chi connectivity index (χ2n) is 8.98. The van der Waals surface area contributed by atoms with Crippen LogP contribution in [0.2, 0.25) is 0 Å². The molecule has 3 heterocycles. The number of nitro groups is 1. The summed E-state index contributed by atoms with van der Waals surface area (Å²) in [5.74, 6) is -0.177. The molecule has 6 rings (SSSR count). The molecular weight excluding hydrogens is 510 g/mol. The van der Waals surface area contributed by atoms with Crippen LogP contribution in [0.25, 0.3) is 25.9 Å². The lowest BCUT2D eigenvalue weighted by atomic mass is 9.97. The molecule has 10 nitrogen and oxygen atoms in total. The van der Waals surface area contributed by atoms with Gasteiger partial charge in [0.15, 0.2) is 11.5 Å². The number of aromatic carboxylic acids is 1. The van der Waals surface area contributed by atoms with Crippen LogP contribution < -0.4 is 19.8 Å². The molecule has 0 saturated heterocycles. The van der Waals surface area contributed by atoms with E-state index >= 15 is 0 Å². The summed E-state index contributed by atoms with van der Waals surface area (Å²) in [6.45, 7) is 0.810. The van der Waals surface area contributed by atoms with E-state index in [2.05, 4.69) is 0 Å². The van der Waals surface area contributed by atoms with Crippen LogP contribution in [0.1, 0.15) is 21.5 Å². The Balaban J connectivity index is 1.61. The number of hydrogen-bond acceptors (Lipinski definition) is 8. The number of nitrogens with zero attached hydrogens (tertiary/aromatic N) is 3. The molecule has 11 heteroatoms. The topological polar surface area (TPSA) is 124 Å². The van der Waals surface area contributed by atoms with Crippen LogP contribution in [0.4, 0.5) is 11.4 Å². The van der Waals surface area contributed by atoms with Crippen LogP contribution >= 0.6 is 11.3 Å². The number of ether oxygens (including phenoxy) is 2. The fourth-order valence-electron chi connectivity index (χ4n) is 5.23. The SMILES string of the molecule is COc1cc2c(cc1OC)CN(c1cc3c(=O)c(C(=O)O)c4sc5ccccc5n4c3cc1[N+](=O)[O-])CC2. The number of thiazole rings is 1. The summed E-state index contributed by atoms with van der Waals surface area (Å²) in [5, 5.41) is 22.4. The average molecular weight is 532 g/mol. The molecule has 0 fully saturated rings. The first-order chi connectivity index (χ1) is 18.3. The van der Waals surface area contributed by atoms with Gasteiger partial charge < -0.3 is 19.5 Å². The van der Waals surface area contributed by atoms with Crippen LogP contribution in [0.5, 0.6) is 11.5 Å². The van der Waals surface area contributed by atoms with Crippen molar-refractivity contribution < 1.29 is 24.3 Å². The molecule has 2 aromatic heterocycles. The molecule has 1 N–H and O–H groups in total. The molecule has 0 saturated carbocycles. The lowest BCUT2D eigenvalue weighted by molar-refractivity contribution is -0.384. The quantitative estimate of drug-likeness (QED) is 0.252. The van der Waals surface area contributed by atoms with Crippen molar-refractivity contribution in [2.45, 2.75) is 13.0 Å². The van der Waals surface area contributed by atoms with E-state index in [0.717, 1.165) is 15.8 Å². The molecule has 38 heavy (non-hydrogen) atoms. The van der Waals surface area contributed by atoms with Gasteiger partial charge in [0, 0.05) is 24.5 Å². The van der Waals surface area contributed by atoms with Gasteiger partial charge in [-0.05, 0) is 47.9 Å². The van der Waals surface area contributed by atoms with Crippen LogP contribution in [0.15, 0.2) is 53.3 Å². The Hall–Kier alpha value is -4.64. The maximum Gasteiger partial charge on any atom is 0.342 e. The monoisotopic (exact) mass is 531 g/mol. The van der Waals surface area contributed by atoms with Crippen molar-refractivity contribution in [2.75, 3.05) is 25.7 Å². The third kappa shape index (κ3) is 3.46. The van der Waals surface area contributed by atoms with Crippen molar-refractivity contribution in [3.8, 4) is 11.5 Å². The minimum Gasteiger partial charge on any atom is -0.493 e. The predicted molar refractivity (Wildman–Crippen MR) is 144 cm³/mol. The summed E-state index contributed by atoms with van der Waals surface area (Å²) in [6.07, 6.45) is 0.596. The second-order valence-corrected chi connectivity index (χ2v) is 10.0. The molecule has 0 radical (unpaired) electrons. The zero-order valence-corrected chi connectivity index (χ0v) is 21.2. The van der Waals surface area contributed by atoms with E-state index in [-0.39, 0.29) is 27.2 Å². The molecule has 192 valence electrons. The van der Waals surface area contributed by atoms with Gasteiger partial charge in [-0.3, -0.25) is 19.3 Å². The van der Waals surface area contributed by atoms with Gasteiger partial charge in [0.25, 0.3) is 5.69 Å². The molecular formula is C27H21N3O7S. The van der Waals surface area contributed by atoms with E-state index in [0.29, 0.717) is 42.0 Å². The number of carboxylic acid groups (broad SMARTS) is 1. The number of carbonyl (C=O) groups is 1. The van der Waals surface area contributed by atoms with E-state index in [4.69, 9.17) is 9.47 Å². The summed E-state index contributed by atoms with van der Waals surface area (Å²) in [4.78, 5) is 39.7. The van der Waals surface area contributed by atoms with E-state index in [1.54, 1.807) is 30.8 Å². The first-order valence-electron chi connectivity index (χ1n) is 11.7. The van der Waals surface area contributed by atoms with E-state index in [1.165, 1.54) is 23.5 Å². The van der Waals surface area contributed by atoms with Crippen LogP contribution in [0.3, 0.4) is 0 Å². The Kier molecular flexibility index (Phi) is 5.46. The Bertz CT molecular complexity index is 1870. The second kappa shape index (κ2) is 8.73. The van der Waals surface area contributed by atoms with Crippen LogP contribution in [0, 0.1) is 10.1 Å². The third-order valence-electron chi connectivity index (χ3n) is 7.00. The van der Waals surface area contributed by atoms with Crippen LogP contribution in [-0.2, 0) is 13.0 Å². The number of methoxy groups -OCH3 is 2. The Morgan fingerprint density at radius 2 is 1.76 bits per heavy atom. The number of aromatic nitrogens is 1.